The van der Waals surface area contributed by atoms with Crippen molar-refractivity contribution in [2.45, 2.75) is 77.3 Å². The molecule has 4 atom stereocenters. The molecule has 1 N–H and O–H groups in total. The van der Waals surface area contributed by atoms with Crippen LogP contribution in [0.5, 0.6) is 0 Å². The Bertz CT molecular complexity index is 436. The fraction of sp³-hybridized carbons (Fsp3) is 0.700. The minimum absolute atomic E-state index is 0.487. The molecule has 3 rings (SSSR count). The summed E-state index contributed by atoms with van der Waals surface area (Å²) in [5.41, 5.74) is 2.88. The molecule has 0 bridgehead atoms. The molecule has 2 fully saturated rings. The molecule has 0 heterocycles. The van der Waals surface area contributed by atoms with Gasteiger partial charge < -0.3 is 5.32 Å². The lowest BCUT2D eigenvalue weighted by Gasteiger charge is -2.40. The van der Waals surface area contributed by atoms with Gasteiger partial charge in [0.15, 0.2) is 0 Å². The number of nitrogens with one attached hydrogen (secondary N) is 1. The van der Waals surface area contributed by atoms with E-state index in [1.54, 1.807) is 0 Å². The number of hydrogen-bond donors (Lipinski definition) is 1. The third-order valence-electron chi connectivity index (χ3n) is 5.91. The molecule has 21 heavy (non-hydrogen) atoms. The molecular weight excluding hydrogens is 254 g/mol. The molecule has 0 aromatic heterocycles. The highest BCUT2D eigenvalue weighted by atomic mass is 14.9. The van der Waals surface area contributed by atoms with Gasteiger partial charge in [0.25, 0.3) is 0 Å². The van der Waals surface area contributed by atoms with Gasteiger partial charge in [-0.1, -0.05) is 56.9 Å². The number of hydrogen-bond acceptors (Lipinski definition) is 1. The van der Waals surface area contributed by atoms with Crippen molar-refractivity contribution in [2.75, 3.05) is 0 Å². The second-order valence-corrected chi connectivity index (χ2v) is 7.30. The lowest BCUT2D eigenvalue weighted by atomic mass is 9.69. The highest BCUT2D eigenvalue weighted by Gasteiger charge is 2.32. The van der Waals surface area contributed by atoms with Gasteiger partial charge in [-0.3, -0.25) is 0 Å². The smallest absolute Gasteiger partial charge is 0.0294 e. The highest BCUT2D eigenvalue weighted by Crippen LogP contribution is 2.40. The lowest BCUT2D eigenvalue weighted by Crippen LogP contribution is -2.39. The Morgan fingerprint density at radius 2 is 1.71 bits per heavy atom. The molecule has 0 spiro atoms. The largest absolute Gasteiger partial charge is 0.307 e. The maximum Gasteiger partial charge on any atom is 0.0294 e. The average molecular weight is 285 g/mol. The van der Waals surface area contributed by atoms with Crippen molar-refractivity contribution in [3.8, 4) is 0 Å². The van der Waals surface area contributed by atoms with Crippen molar-refractivity contribution in [1.29, 1.82) is 0 Å². The molecule has 116 valence electrons. The van der Waals surface area contributed by atoms with E-state index in [1.165, 1.54) is 56.1 Å². The summed E-state index contributed by atoms with van der Waals surface area (Å²) < 4.78 is 0. The zero-order valence-corrected chi connectivity index (χ0v) is 13.8. The third-order valence-corrected chi connectivity index (χ3v) is 5.91. The van der Waals surface area contributed by atoms with Crippen molar-refractivity contribution in [3.63, 3.8) is 0 Å². The normalized spacial score (nSPS) is 30.7. The van der Waals surface area contributed by atoms with Gasteiger partial charge in [0.05, 0.1) is 0 Å². The summed E-state index contributed by atoms with van der Waals surface area (Å²) in [5, 5.41) is 3.91. The molecule has 0 radical (unpaired) electrons. The summed E-state index contributed by atoms with van der Waals surface area (Å²) in [4.78, 5) is 0. The third kappa shape index (κ3) is 3.69. The van der Waals surface area contributed by atoms with Gasteiger partial charge in [0.2, 0.25) is 0 Å². The van der Waals surface area contributed by atoms with E-state index in [0.717, 1.165) is 24.3 Å². The quantitative estimate of drug-likeness (QED) is 0.796. The van der Waals surface area contributed by atoms with Gasteiger partial charge >= 0.3 is 0 Å². The summed E-state index contributed by atoms with van der Waals surface area (Å²) in [5.74, 6) is 2.07. The number of aryl methyl sites for hydroxylation is 1. The van der Waals surface area contributed by atoms with Crippen LogP contribution in [0.1, 0.15) is 76.0 Å². The molecule has 1 nitrogen and oxygen atoms in total. The molecule has 4 unspecified atom stereocenters. The van der Waals surface area contributed by atoms with Crippen LogP contribution in [-0.4, -0.2) is 6.04 Å². The van der Waals surface area contributed by atoms with Crippen molar-refractivity contribution in [1.82, 2.24) is 5.32 Å². The summed E-state index contributed by atoms with van der Waals surface area (Å²) in [6, 6.07) is 10.4. The predicted octanol–water partition coefficient (Wildman–Crippen LogP) is 5.26. The SMILES string of the molecule is CCc1ccc(C(C)NC2CCC3CCCCC3C2)cc1. The maximum atomic E-state index is 3.91. The second kappa shape index (κ2) is 6.96. The van der Waals surface area contributed by atoms with Crippen LogP contribution in [0.2, 0.25) is 0 Å². The summed E-state index contributed by atoms with van der Waals surface area (Å²) in [6.45, 7) is 4.55. The standard InChI is InChI=1S/C20H31N/c1-3-16-8-10-17(11-9-16)15(2)21-20-13-12-18-6-4-5-7-19(18)14-20/h8-11,15,18-21H,3-7,12-14H2,1-2H3. The number of fused-ring (bicyclic) bond motifs is 1. The van der Waals surface area contributed by atoms with Crippen LogP contribution in [0.25, 0.3) is 0 Å². The van der Waals surface area contributed by atoms with Gasteiger partial charge in [-0.2, -0.15) is 0 Å². The summed E-state index contributed by atoms with van der Waals surface area (Å²) >= 11 is 0. The van der Waals surface area contributed by atoms with Crippen molar-refractivity contribution in [2.24, 2.45) is 11.8 Å². The fourth-order valence-corrected chi connectivity index (χ4v) is 4.52. The van der Waals surface area contributed by atoms with Gasteiger partial charge in [-0.15, -0.1) is 0 Å². The Morgan fingerprint density at radius 3 is 2.43 bits per heavy atom. The van der Waals surface area contributed by atoms with Crippen LogP contribution in [-0.2, 0) is 6.42 Å². The van der Waals surface area contributed by atoms with Crippen LogP contribution in [0.15, 0.2) is 24.3 Å². The van der Waals surface area contributed by atoms with Crippen LogP contribution in [0.4, 0.5) is 0 Å². The van der Waals surface area contributed by atoms with Gasteiger partial charge in [-0.25, -0.2) is 0 Å². The molecule has 2 aliphatic carbocycles. The first-order valence-corrected chi connectivity index (χ1v) is 9.11. The maximum absolute atomic E-state index is 3.91. The fourth-order valence-electron chi connectivity index (χ4n) is 4.52. The van der Waals surface area contributed by atoms with Crippen LogP contribution >= 0.6 is 0 Å². The van der Waals surface area contributed by atoms with Gasteiger partial charge in [0, 0.05) is 12.1 Å². The molecule has 0 saturated heterocycles. The molecule has 0 amide bonds. The van der Waals surface area contributed by atoms with E-state index in [-0.39, 0.29) is 0 Å². The van der Waals surface area contributed by atoms with Crippen LogP contribution in [0, 0.1) is 11.8 Å². The van der Waals surface area contributed by atoms with Crippen molar-refractivity contribution < 1.29 is 0 Å². The van der Waals surface area contributed by atoms with E-state index in [9.17, 15) is 0 Å². The Balaban J connectivity index is 1.55. The lowest BCUT2D eigenvalue weighted by molar-refractivity contribution is 0.139. The zero-order valence-electron chi connectivity index (χ0n) is 13.8. The minimum Gasteiger partial charge on any atom is -0.307 e. The first-order valence-electron chi connectivity index (χ1n) is 9.11. The van der Waals surface area contributed by atoms with Gasteiger partial charge in [-0.05, 0) is 55.6 Å². The highest BCUT2D eigenvalue weighted by molar-refractivity contribution is 5.24. The summed E-state index contributed by atoms with van der Waals surface area (Å²) in [6.07, 6.45) is 11.4. The number of benzene rings is 1. The molecule has 2 aliphatic rings. The Labute approximate surface area is 130 Å². The predicted molar refractivity (Wildman–Crippen MR) is 90.5 cm³/mol. The van der Waals surface area contributed by atoms with E-state index in [0.29, 0.717) is 6.04 Å². The topological polar surface area (TPSA) is 12.0 Å². The first-order chi connectivity index (χ1) is 10.3. The van der Waals surface area contributed by atoms with E-state index in [4.69, 9.17) is 0 Å². The van der Waals surface area contributed by atoms with E-state index >= 15 is 0 Å². The molecule has 1 heteroatoms. The molecule has 2 saturated carbocycles. The first kappa shape index (κ1) is 15.1. The minimum atomic E-state index is 0.487. The Kier molecular flexibility index (Phi) is 5.00. The Hall–Kier alpha value is -0.820. The Morgan fingerprint density at radius 1 is 1.00 bits per heavy atom. The van der Waals surface area contributed by atoms with E-state index < -0.39 is 0 Å². The van der Waals surface area contributed by atoms with Crippen LogP contribution in [0.3, 0.4) is 0 Å². The van der Waals surface area contributed by atoms with Crippen molar-refractivity contribution in [3.05, 3.63) is 35.4 Å². The van der Waals surface area contributed by atoms with E-state index in [2.05, 4.69) is 43.4 Å². The number of rotatable bonds is 4. The molecule has 0 aliphatic heterocycles. The molecule has 1 aromatic rings. The summed E-state index contributed by atoms with van der Waals surface area (Å²) in [7, 11) is 0. The molecule has 1 aromatic carbocycles. The monoisotopic (exact) mass is 285 g/mol. The second-order valence-electron chi connectivity index (χ2n) is 7.30. The zero-order chi connectivity index (χ0) is 14.7. The van der Waals surface area contributed by atoms with E-state index in [1.807, 2.05) is 0 Å². The molecular formula is C20H31N. The van der Waals surface area contributed by atoms with Crippen molar-refractivity contribution >= 4 is 0 Å². The average Bonchev–Trinajstić information content (AvgIpc) is 2.55. The van der Waals surface area contributed by atoms with Gasteiger partial charge in [0.1, 0.15) is 0 Å². The van der Waals surface area contributed by atoms with Crippen LogP contribution < -0.4 is 5.32 Å².